The Kier molecular flexibility index (Phi) is 26.9. The van der Waals surface area contributed by atoms with Gasteiger partial charge in [0, 0.05) is 46.1 Å². The molecule has 1 heterocycles. The molecule has 0 aliphatic heterocycles. The normalized spacial score (nSPS) is 15.8. The topological polar surface area (TPSA) is 65.7 Å². The fraction of sp³-hybridized carbons (Fsp3) is 0.604. The van der Waals surface area contributed by atoms with Crippen LogP contribution in [-0.4, -0.2) is 36.6 Å². The van der Waals surface area contributed by atoms with Crippen LogP contribution in [0.3, 0.4) is 0 Å². The van der Waals surface area contributed by atoms with Gasteiger partial charge in [-0.05, 0) is 87.1 Å². The summed E-state index contributed by atoms with van der Waals surface area (Å²) in [5.74, 6) is 0.724. The van der Waals surface area contributed by atoms with Crippen molar-refractivity contribution in [3.05, 3.63) is 75.2 Å². The molecule has 0 amide bonds. The van der Waals surface area contributed by atoms with Gasteiger partial charge in [-0.15, -0.1) is 11.3 Å². The number of nitriles is 1. The number of allylic oxidation sites excluding steroid dienone is 7. The van der Waals surface area contributed by atoms with E-state index in [9.17, 15) is 10.1 Å². The molecule has 1 aliphatic carbocycles. The summed E-state index contributed by atoms with van der Waals surface area (Å²) in [5, 5.41) is 10.7. The number of unbranched alkanes of at least 4 members (excludes halogenated alkanes) is 2. The lowest BCUT2D eigenvalue weighted by atomic mass is 9.88. The molecule has 0 bridgehead atoms. The van der Waals surface area contributed by atoms with Gasteiger partial charge in [-0.1, -0.05) is 115 Å². The van der Waals surface area contributed by atoms with Gasteiger partial charge in [0.1, 0.15) is 24.0 Å². The molecule has 1 aliphatic rings. The summed E-state index contributed by atoms with van der Waals surface area (Å²) in [6, 6.07) is 5.57. The first-order valence-corrected chi connectivity index (χ1v) is 22.1. The van der Waals surface area contributed by atoms with Crippen molar-refractivity contribution in [1.29, 1.82) is 5.26 Å². The molecule has 56 heavy (non-hydrogen) atoms. The molecule has 314 valence electrons. The molecule has 0 radical (unpaired) electrons. The van der Waals surface area contributed by atoms with E-state index in [2.05, 4.69) is 59.4 Å². The summed E-state index contributed by atoms with van der Waals surface area (Å²) in [5.41, 5.74) is 3.41. The molecule has 8 heteroatoms. The van der Waals surface area contributed by atoms with Gasteiger partial charge in [0.25, 0.3) is 0 Å². The monoisotopic (exact) mass is 796 g/mol. The molecule has 1 aromatic carbocycles. The molecule has 3 rings (SSSR count). The van der Waals surface area contributed by atoms with Gasteiger partial charge in [-0.25, -0.2) is 13.8 Å². The van der Waals surface area contributed by atoms with Crippen molar-refractivity contribution >= 4 is 39.0 Å². The predicted octanol–water partition coefficient (Wildman–Crippen LogP) is 15.3. The highest BCUT2D eigenvalue weighted by Crippen LogP contribution is 2.44. The second-order valence-electron chi connectivity index (χ2n) is 14.4. The van der Waals surface area contributed by atoms with Gasteiger partial charge in [-0.3, -0.25) is 0 Å². The van der Waals surface area contributed by atoms with Crippen LogP contribution in [0.4, 0.5) is 8.78 Å². The van der Waals surface area contributed by atoms with E-state index in [1.807, 2.05) is 54.5 Å². The predicted molar refractivity (Wildman–Crippen MR) is 240 cm³/mol. The fourth-order valence-electron chi connectivity index (χ4n) is 6.41. The summed E-state index contributed by atoms with van der Waals surface area (Å²) < 4.78 is 37.7. The number of thiophene rings is 1. The number of benzene rings is 1. The Morgan fingerprint density at radius 2 is 1.59 bits per heavy atom. The van der Waals surface area contributed by atoms with Crippen molar-refractivity contribution in [3.63, 3.8) is 0 Å². The minimum Gasteiger partial charge on any atom is -0.481 e. The number of ether oxygens (including phenoxy) is 1. The van der Waals surface area contributed by atoms with E-state index in [-0.39, 0.29) is 17.5 Å². The average Bonchev–Trinajstić information content (AvgIpc) is 3.61. The van der Waals surface area contributed by atoms with E-state index in [1.54, 1.807) is 25.3 Å². The molecule has 1 aromatic heterocycles. The van der Waals surface area contributed by atoms with Crippen molar-refractivity contribution in [1.82, 2.24) is 4.90 Å². The maximum absolute atomic E-state index is 16.5. The van der Waals surface area contributed by atoms with Gasteiger partial charge in [0.2, 0.25) is 5.88 Å². The summed E-state index contributed by atoms with van der Waals surface area (Å²) in [6.07, 6.45) is 15.6. The van der Waals surface area contributed by atoms with Crippen LogP contribution in [0.2, 0.25) is 0 Å². The minimum atomic E-state index is -0.438. The number of fused-ring (bicyclic) bond motifs is 1. The molecule has 0 saturated heterocycles. The molecule has 0 N–H and O–H groups in total. The maximum atomic E-state index is 16.5. The zero-order valence-electron chi connectivity index (χ0n) is 37.7. The molecular weight excluding hydrogens is 721 g/mol. The zero-order valence-corrected chi connectivity index (χ0v) is 38.5. The van der Waals surface area contributed by atoms with Crippen LogP contribution < -0.4 is 0 Å². The van der Waals surface area contributed by atoms with Crippen LogP contribution in [0.1, 0.15) is 177 Å². The number of rotatable bonds is 17. The van der Waals surface area contributed by atoms with Crippen molar-refractivity contribution in [2.75, 3.05) is 13.7 Å². The van der Waals surface area contributed by atoms with E-state index < -0.39 is 11.6 Å². The van der Waals surface area contributed by atoms with E-state index in [0.29, 0.717) is 56.6 Å². The Hall–Kier alpha value is -3.57. The Labute approximate surface area is 344 Å². The first-order valence-electron chi connectivity index (χ1n) is 21.3. The van der Waals surface area contributed by atoms with Crippen LogP contribution in [-0.2, 0) is 9.53 Å². The van der Waals surface area contributed by atoms with Gasteiger partial charge in [-0.2, -0.15) is 5.26 Å². The first-order chi connectivity index (χ1) is 26.8. The zero-order chi connectivity index (χ0) is 43.0. The summed E-state index contributed by atoms with van der Waals surface area (Å²) in [4.78, 5) is 17.3. The van der Waals surface area contributed by atoms with Crippen LogP contribution in [0.15, 0.2) is 58.3 Å². The first kappa shape index (κ1) is 52.4. The SMILES string of the molecule is CC.CC/C=C(/N=C1/C=C(c2ccc(F)c3sc(C(C)CC)c(C#N)c23)C(F)=C/C1=C(/C)N(CC)C(CCC(C)CC)C(C)C)OC.CCC=O.CCCCC. The Bertz CT molecular complexity index is 1670. The second kappa shape index (κ2) is 28.8. The standard InChI is InChI=1S/C38H51F2N3OS.C5H12.C3H6O.C2H6/c1-11-15-35(44-10)42-33-21-29(27-17-18-31(39)38-36(27)30(22-41)37(45-38)25(8)13-3)32(40)20-28(33)26(9)43(14-4)34(23(5)6)19-16-24(7)12-2;1-3-5-4-2;1-2-3-4;1-2/h15,17-18,20-21,23-25,34H,11-14,16,19H2,1-10H3;3-5H2,1-2H3;3H,2H2,1H3;1-2H3/b28-26+,35-15-,42-33-;;;. The molecule has 0 saturated carbocycles. The lowest BCUT2D eigenvalue weighted by molar-refractivity contribution is -0.107. The maximum Gasteiger partial charge on any atom is 0.209 e. The van der Waals surface area contributed by atoms with Crippen molar-refractivity contribution in [2.24, 2.45) is 16.8 Å². The van der Waals surface area contributed by atoms with Gasteiger partial charge < -0.3 is 14.4 Å². The number of methoxy groups -OCH3 is 1. The average molecular weight is 796 g/mol. The summed E-state index contributed by atoms with van der Waals surface area (Å²) in [6.45, 7) is 30.3. The Morgan fingerprint density at radius 3 is 2.04 bits per heavy atom. The number of aliphatic imine (C=N–C) groups is 1. The number of carbonyl (C=O) groups is 1. The minimum absolute atomic E-state index is 0.0806. The van der Waals surface area contributed by atoms with Crippen LogP contribution in [0.25, 0.3) is 15.7 Å². The molecular formula is C48H75F2N3O2S. The van der Waals surface area contributed by atoms with E-state index in [4.69, 9.17) is 9.73 Å². The highest BCUT2D eigenvalue weighted by Gasteiger charge is 2.29. The van der Waals surface area contributed by atoms with Crippen molar-refractivity contribution in [3.8, 4) is 6.07 Å². The molecule has 5 nitrogen and oxygen atoms in total. The Balaban J connectivity index is 0.00000244. The number of aldehydes is 1. The number of hydrogen-bond acceptors (Lipinski definition) is 6. The Morgan fingerprint density at radius 1 is 0.964 bits per heavy atom. The number of carbonyl (C=O) groups excluding carboxylic acids is 1. The molecule has 0 spiro atoms. The van der Waals surface area contributed by atoms with Crippen LogP contribution >= 0.6 is 11.3 Å². The molecule has 3 unspecified atom stereocenters. The highest BCUT2D eigenvalue weighted by atomic mass is 32.1. The molecule has 0 fully saturated rings. The third kappa shape index (κ3) is 15.1. The molecule has 2 aromatic rings. The van der Waals surface area contributed by atoms with E-state index >= 15 is 8.78 Å². The second-order valence-corrected chi connectivity index (χ2v) is 15.4. The number of nitrogens with zero attached hydrogens (tertiary/aromatic N) is 3. The van der Waals surface area contributed by atoms with Crippen molar-refractivity contribution in [2.45, 2.75) is 167 Å². The number of hydrogen-bond donors (Lipinski definition) is 0. The number of halogens is 2. The highest BCUT2D eigenvalue weighted by molar-refractivity contribution is 7.19. The van der Waals surface area contributed by atoms with Crippen molar-refractivity contribution < 1.29 is 18.3 Å². The van der Waals surface area contributed by atoms with Gasteiger partial charge >= 0.3 is 0 Å². The molecule has 3 atom stereocenters. The van der Waals surface area contributed by atoms with Gasteiger partial charge in [0.15, 0.2) is 0 Å². The van der Waals surface area contributed by atoms with Crippen LogP contribution in [0.5, 0.6) is 0 Å². The van der Waals surface area contributed by atoms with Crippen LogP contribution in [0, 0.1) is 29.0 Å². The van der Waals surface area contributed by atoms with E-state index in [0.717, 1.165) is 55.5 Å². The summed E-state index contributed by atoms with van der Waals surface area (Å²) in [7, 11) is 1.58. The van der Waals surface area contributed by atoms with Gasteiger partial charge in [0.05, 0.1) is 23.1 Å². The summed E-state index contributed by atoms with van der Waals surface area (Å²) >= 11 is 1.29. The smallest absolute Gasteiger partial charge is 0.209 e. The third-order valence-electron chi connectivity index (χ3n) is 10.0. The fourth-order valence-corrected chi connectivity index (χ4v) is 7.73. The lowest BCUT2D eigenvalue weighted by Crippen LogP contribution is -2.39. The van der Waals surface area contributed by atoms with E-state index in [1.165, 1.54) is 36.7 Å². The third-order valence-corrected chi connectivity index (χ3v) is 11.5. The lowest BCUT2D eigenvalue weighted by Gasteiger charge is -2.38. The quantitative estimate of drug-likeness (QED) is 0.118. The largest absolute Gasteiger partial charge is 0.481 e.